The SMILES string of the molecule is CN=C(NCCc1cccc(C(=O)NC)c1)NCc1cccc(OC)c1OC. The van der Waals surface area contributed by atoms with Gasteiger partial charge in [-0.25, -0.2) is 0 Å². The third-order valence-corrected chi connectivity index (χ3v) is 4.28. The first kappa shape index (κ1) is 21.1. The van der Waals surface area contributed by atoms with Crippen LogP contribution in [0.1, 0.15) is 21.5 Å². The number of aliphatic imine (C=N–C) groups is 1. The maximum absolute atomic E-state index is 11.7. The van der Waals surface area contributed by atoms with E-state index in [4.69, 9.17) is 9.47 Å². The van der Waals surface area contributed by atoms with Crippen LogP contribution in [0.5, 0.6) is 11.5 Å². The quantitative estimate of drug-likeness (QED) is 0.479. The summed E-state index contributed by atoms with van der Waals surface area (Å²) in [6.07, 6.45) is 0.772. The molecular formula is C21H28N4O3. The number of rotatable bonds is 8. The van der Waals surface area contributed by atoms with Crippen LogP contribution in [-0.2, 0) is 13.0 Å². The summed E-state index contributed by atoms with van der Waals surface area (Å²) in [5.41, 5.74) is 2.72. The molecule has 0 aliphatic heterocycles. The smallest absolute Gasteiger partial charge is 0.251 e. The zero-order valence-corrected chi connectivity index (χ0v) is 16.8. The monoisotopic (exact) mass is 384 g/mol. The van der Waals surface area contributed by atoms with Crippen LogP contribution in [0.25, 0.3) is 0 Å². The summed E-state index contributed by atoms with van der Waals surface area (Å²) in [4.78, 5) is 16.0. The molecule has 28 heavy (non-hydrogen) atoms. The average molecular weight is 384 g/mol. The highest BCUT2D eigenvalue weighted by Crippen LogP contribution is 2.30. The molecule has 0 saturated carbocycles. The van der Waals surface area contributed by atoms with Gasteiger partial charge in [0.05, 0.1) is 14.2 Å². The van der Waals surface area contributed by atoms with Gasteiger partial charge in [-0.15, -0.1) is 0 Å². The molecule has 0 fully saturated rings. The minimum absolute atomic E-state index is 0.0838. The topological polar surface area (TPSA) is 84.0 Å². The Kier molecular flexibility index (Phi) is 8.14. The number of nitrogens with zero attached hydrogens (tertiary/aromatic N) is 1. The number of nitrogens with one attached hydrogen (secondary N) is 3. The lowest BCUT2D eigenvalue weighted by molar-refractivity contribution is 0.0963. The molecule has 7 heteroatoms. The summed E-state index contributed by atoms with van der Waals surface area (Å²) in [5.74, 6) is 2.01. The zero-order chi connectivity index (χ0) is 20.4. The fourth-order valence-electron chi connectivity index (χ4n) is 2.83. The van der Waals surface area contributed by atoms with Crippen LogP contribution >= 0.6 is 0 Å². The molecule has 0 spiro atoms. The third-order valence-electron chi connectivity index (χ3n) is 4.28. The highest BCUT2D eigenvalue weighted by atomic mass is 16.5. The van der Waals surface area contributed by atoms with Gasteiger partial charge < -0.3 is 25.4 Å². The number of carbonyl (C=O) groups excluding carboxylic acids is 1. The van der Waals surface area contributed by atoms with Gasteiger partial charge in [-0.3, -0.25) is 9.79 Å². The lowest BCUT2D eigenvalue weighted by Crippen LogP contribution is -2.37. The number of ether oxygens (including phenoxy) is 2. The summed E-state index contributed by atoms with van der Waals surface area (Å²) in [6.45, 7) is 1.23. The van der Waals surface area contributed by atoms with Gasteiger partial charge in [-0.05, 0) is 30.2 Å². The molecule has 0 heterocycles. The average Bonchev–Trinajstić information content (AvgIpc) is 2.75. The van der Waals surface area contributed by atoms with Crippen LogP contribution in [0.4, 0.5) is 0 Å². The third kappa shape index (κ3) is 5.64. The maximum atomic E-state index is 11.7. The number of benzene rings is 2. The number of methoxy groups -OCH3 is 2. The fourth-order valence-corrected chi connectivity index (χ4v) is 2.83. The van der Waals surface area contributed by atoms with Gasteiger partial charge in [-0.1, -0.05) is 24.3 Å². The van der Waals surface area contributed by atoms with Crippen molar-refractivity contribution in [1.29, 1.82) is 0 Å². The minimum atomic E-state index is -0.0838. The van der Waals surface area contributed by atoms with Crippen molar-refractivity contribution in [1.82, 2.24) is 16.0 Å². The molecule has 2 rings (SSSR count). The first-order valence-corrected chi connectivity index (χ1v) is 9.08. The zero-order valence-electron chi connectivity index (χ0n) is 16.8. The molecular weight excluding hydrogens is 356 g/mol. The van der Waals surface area contributed by atoms with Crippen LogP contribution in [-0.4, -0.2) is 46.7 Å². The molecule has 0 bridgehead atoms. The first-order chi connectivity index (χ1) is 13.6. The molecule has 0 saturated heterocycles. The van der Waals surface area contributed by atoms with Crippen molar-refractivity contribution < 1.29 is 14.3 Å². The van der Waals surface area contributed by atoms with Crippen molar-refractivity contribution in [2.45, 2.75) is 13.0 Å². The largest absolute Gasteiger partial charge is 0.493 e. The van der Waals surface area contributed by atoms with Crippen LogP contribution in [0, 0.1) is 0 Å². The van der Waals surface area contributed by atoms with Crippen molar-refractivity contribution in [3.05, 3.63) is 59.2 Å². The summed E-state index contributed by atoms with van der Waals surface area (Å²) < 4.78 is 10.8. The van der Waals surface area contributed by atoms with E-state index in [0.29, 0.717) is 36.1 Å². The number of hydrogen-bond donors (Lipinski definition) is 3. The Morgan fingerprint density at radius 2 is 1.86 bits per heavy atom. The minimum Gasteiger partial charge on any atom is -0.493 e. The van der Waals surface area contributed by atoms with E-state index in [9.17, 15) is 4.79 Å². The van der Waals surface area contributed by atoms with Gasteiger partial charge >= 0.3 is 0 Å². The van der Waals surface area contributed by atoms with E-state index in [0.717, 1.165) is 17.5 Å². The highest BCUT2D eigenvalue weighted by Gasteiger charge is 2.10. The van der Waals surface area contributed by atoms with Gasteiger partial charge in [0, 0.05) is 38.3 Å². The lowest BCUT2D eigenvalue weighted by Gasteiger charge is -2.15. The molecule has 3 N–H and O–H groups in total. The van der Waals surface area contributed by atoms with E-state index in [2.05, 4.69) is 20.9 Å². The number of amides is 1. The number of hydrogen-bond acceptors (Lipinski definition) is 4. The van der Waals surface area contributed by atoms with Crippen molar-refractivity contribution in [3.8, 4) is 11.5 Å². The van der Waals surface area contributed by atoms with Gasteiger partial charge in [0.1, 0.15) is 0 Å². The first-order valence-electron chi connectivity index (χ1n) is 9.08. The summed E-state index contributed by atoms with van der Waals surface area (Å²) in [6, 6.07) is 13.4. The Bertz CT molecular complexity index is 821. The number of guanidine groups is 1. The van der Waals surface area contributed by atoms with E-state index in [1.54, 1.807) is 34.4 Å². The Morgan fingerprint density at radius 1 is 1.07 bits per heavy atom. The second-order valence-corrected chi connectivity index (χ2v) is 6.03. The Balaban J connectivity index is 1.90. The van der Waals surface area contributed by atoms with E-state index in [1.165, 1.54) is 0 Å². The van der Waals surface area contributed by atoms with Crippen LogP contribution in [0.3, 0.4) is 0 Å². The predicted molar refractivity (Wildman–Crippen MR) is 111 cm³/mol. The Hall–Kier alpha value is -3.22. The fraction of sp³-hybridized carbons (Fsp3) is 0.333. The van der Waals surface area contributed by atoms with E-state index in [1.807, 2.05) is 36.4 Å². The van der Waals surface area contributed by atoms with Crippen LogP contribution in [0.2, 0.25) is 0 Å². The summed E-state index contributed by atoms with van der Waals surface area (Å²) in [5, 5.41) is 9.20. The molecule has 0 aliphatic rings. The van der Waals surface area contributed by atoms with Crippen molar-refractivity contribution >= 4 is 11.9 Å². The molecule has 2 aromatic carbocycles. The summed E-state index contributed by atoms with van der Waals surface area (Å²) in [7, 11) is 6.60. The van der Waals surface area contributed by atoms with Gasteiger partial charge in [0.2, 0.25) is 0 Å². The van der Waals surface area contributed by atoms with E-state index >= 15 is 0 Å². The summed E-state index contributed by atoms with van der Waals surface area (Å²) >= 11 is 0. The molecule has 0 atom stereocenters. The van der Waals surface area contributed by atoms with Gasteiger partial charge in [0.15, 0.2) is 17.5 Å². The molecule has 0 radical (unpaired) electrons. The molecule has 0 aliphatic carbocycles. The van der Waals surface area contributed by atoms with E-state index in [-0.39, 0.29) is 5.91 Å². The highest BCUT2D eigenvalue weighted by molar-refractivity contribution is 5.94. The molecule has 150 valence electrons. The second-order valence-electron chi connectivity index (χ2n) is 6.03. The Morgan fingerprint density at radius 3 is 2.54 bits per heavy atom. The second kappa shape index (κ2) is 10.8. The van der Waals surface area contributed by atoms with Crippen LogP contribution < -0.4 is 25.4 Å². The van der Waals surface area contributed by atoms with E-state index < -0.39 is 0 Å². The normalized spacial score (nSPS) is 10.9. The molecule has 2 aromatic rings. The molecule has 7 nitrogen and oxygen atoms in total. The van der Waals surface area contributed by atoms with Crippen LogP contribution in [0.15, 0.2) is 47.5 Å². The van der Waals surface area contributed by atoms with Crippen molar-refractivity contribution in [2.24, 2.45) is 4.99 Å². The Labute approximate surface area is 166 Å². The van der Waals surface area contributed by atoms with Gasteiger partial charge in [-0.2, -0.15) is 0 Å². The van der Waals surface area contributed by atoms with Crippen molar-refractivity contribution in [3.63, 3.8) is 0 Å². The lowest BCUT2D eigenvalue weighted by atomic mass is 10.1. The molecule has 0 aromatic heterocycles. The standard InChI is InChI=1S/C21H28N4O3/c1-22-20(26)16-8-5-7-15(13-16)11-12-24-21(23-2)25-14-17-9-6-10-18(27-3)19(17)28-4/h5-10,13H,11-12,14H2,1-4H3,(H,22,26)(H2,23,24,25). The predicted octanol–water partition coefficient (Wildman–Crippen LogP) is 1.97. The molecule has 1 amide bonds. The van der Waals surface area contributed by atoms with Gasteiger partial charge in [0.25, 0.3) is 5.91 Å². The van der Waals surface area contributed by atoms with Crippen molar-refractivity contribution in [2.75, 3.05) is 34.9 Å². The number of carbonyl (C=O) groups is 1. The number of para-hydroxylation sites is 1. The molecule has 0 unspecified atom stereocenters. The maximum Gasteiger partial charge on any atom is 0.251 e.